The Morgan fingerprint density at radius 1 is 1.21 bits per heavy atom. The number of likely N-dealkylation sites (tertiary alicyclic amines) is 1. The van der Waals surface area contributed by atoms with Gasteiger partial charge in [0, 0.05) is 38.1 Å². The second kappa shape index (κ2) is 11.7. The van der Waals surface area contributed by atoms with Crippen molar-refractivity contribution in [1.82, 2.24) is 15.5 Å². The number of carbonyl (C=O) groups excluding carboxylic acids is 1. The Morgan fingerprint density at radius 3 is 2.41 bits per heavy atom. The molecule has 0 saturated carbocycles. The van der Waals surface area contributed by atoms with Gasteiger partial charge in [0.2, 0.25) is 5.91 Å². The van der Waals surface area contributed by atoms with Crippen molar-refractivity contribution in [2.24, 2.45) is 10.9 Å². The molecule has 1 aromatic carbocycles. The lowest BCUT2D eigenvalue weighted by atomic mass is 9.98. The Kier molecular flexibility index (Phi) is 9.29. The molecule has 2 rings (SSSR count). The van der Waals surface area contributed by atoms with Crippen LogP contribution in [0.3, 0.4) is 0 Å². The Bertz CT molecular complexity index is 649. The van der Waals surface area contributed by atoms with Gasteiger partial charge in [-0.05, 0) is 49.8 Å². The van der Waals surface area contributed by atoms with Crippen molar-refractivity contribution in [3.05, 3.63) is 29.8 Å². The van der Waals surface area contributed by atoms with Crippen molar-refractivity contribution in [3.63, 3.8) is 0 Å². The van der Waals surface area contributed by atoms with Gasteiger partial charge in [-0.25, -0.2) is 0 Å². The molecule has 1 heterocycles. The summed E-state index contributed by atoms with van der Waals surface area (Å²) in [7, 11) is 1.69. The number of carbonyl (C=O) groups is 1. The standard InChI is InChI=1S/C23H38N4O2/c1-6-24-23(26-20-12-15-27(16-13-20)22(28)17(2)3)25-14-11-18(4)19-7-9-21(29-5)10-8-19/h7-10,17-18,20H,6,11-16H2,1-5H3,(H2,24,25,26). The van der Waals surface area contributed by atoms with Crippen LogP contribution in [0.2, 0.25) is 0 Å². The number of methoxy groups -OCH3 is 1. The van der Waals surface area contributed by atoms with Gasteiger partial charge in [0.05, 0.1) is 7.11 Å². The van der Waals surface area contributed by atoms with Crippen LogP contribution in [0.15, 0.2) is 29.3 Å². The molecule has 1 fully saturated rings. The zero-order valence-electron chi connectivity index (χ0n) is 18.7. The second-order valence-electron chi connectivity index (χ2n) is 8.12. The smallest absolute Gasteiger partial charge is 0.225 e. The molecule has 1 aromatic rings. The summed E-state index contributed by atoms with van der Waals surface area (Å²) in [5.74, 6) is 2.54. The lowest BCUT2D eigenvalue weighted by Gasteiger charge is -2.34. The number of nitrogens with zero attached hydrogens (tertiary/aromatic N) is 2. The molecular weight excluding hydrogens is 364 g/mol. The molecule has 162 valence electrons. The first kappa shape index (κ1) is 23.0. The van der Waals surface area contributed by atoms with E-state index in [2.05, 4.69) is 36.6 Å². The van der Waals surface area contributed by atoms with Crippen LogP contribution in [0.5, 0.6) is 5.75 Å². The minimum atomic E-state index is 0.0751. The van der Waals surface area contributed by atoms with Gasteiger partial charge in [-0.3, -0.25) is 9.79 Å². The van der Waals surface area contributed by atoms with E-state index in [1.54, 1.807) is 7.11 Å². The molecule has 1 aliphatic rings. The number of ether oxygens (including phenoxy) is 1. The molecular formula is C23H38N4O2. The number of hydrogen-bond donors (Lipinski definition) is 2. The highest BCUT2D eigenvalue weighted by Gasteiger charge is 2.24. The van der Waals surface area contributed by atoms with Crippen molar-refractivity contribution in [2.45, 2.75) is 58.9 Å². The summed E-state index contributed by atoms with van der Waals surface area (Å²) in [5, 5.41) is 6.91. The SMILES string of the molecule is CCNC(=NCCC(C)c1ccc(OC)cc1)NC1CCN(C(=O)C(C)C)CC1. The third-order valence-corrected chi connectivity index (χ3v) is 5.50. The van der Waals surface area contributed by atoms with Crippen LogP contribution in [0, 0.1) is 5.92 Å². The number of aliphatic imine (C=N–C) groups is 1. The minimum absolute atomic E-state index is 0.0751. The first-order chi connectivity index (χ1) is 13.9. The predicted molar refractivity (Wildman–Crippen MR) is 120 cm³/mol. The summed E-state index contributed by atoms with van der Waals surface area (Å²) in [6, 6.07) is 8.64. The highest BCUT2D eigenvalue weighted by atomic mass is 16.5. The molecule has 1 saturated heterocycles. The Morgan fingerprint density at radius 2 is 1.86 bits per heavy atom. The number of nitrogens with one attached hydrogen (secondary N) is 2. The number of guanidine groups is 1. The maximum atomic E-state index is 12.1. The third kappa shape index (κ3) is 7.26. The highest BCUT2D eigenvalue weighted by Crippen LogP contribution is 2.21. The molecule has 0 spiro atoms. The van der Waals surface area contributed by atoms with Crippen LogP contribution in [0.1, 0.15) is 58.4 Å². The lowest BCUT2D eigenvalue weighted by Crippen LogP contribution is -2.50. The van der Waals surface area contributed by atoms with Crippen molar-refractivity contribution in [2.75, 3.05) is 33.3 Å². The topological polar surface area (TPSA) is 66.0 Å². The van der Waals surface area contributed by atoms with Crippen molar-refractivity contribution in [3.8, 4) is 5.75 Å². The molecule has 0 aliphatic carbocycles. The van der Waals surface area contributed by atoms with E-state index in [0.29, 0.717) is 12.0 Å². The zero-order valence-corrected chi connectivity index (χ0v) is 18.7. The minimum Gasteiger partial charge on any atom is -0.497 e. The molecule has 6 heteroatoms. The molecule has 29 heavy (non-hydrogen) atoms. The molecule has 0 aromatic heterocycles. The Hall–Kier alpha value is -2.24. The number of amides is 1. The number of hydrogen-bond acceptors (Lipinski definition) is 3. The highest BCUT2D eigenvalue weighted by molar-refractivity contribution is 5.80. The second-order valence-corrected chi connectivity index (χ2v) is 8.12. The fraction of sp³-hybridized carbons (Fsp3) is 0.652. The van der Waals surface area contributed by atoms with Gasteiger partial charge in [0.25, 0.3) is 0 Å². The number of benzene rings is 1. The van der Waals surface area contributed by atoms with Crippen LogP contribution < -0.4 is 15.4 Å². The van der Waals surface area contributed by atoms with Gasteiger partial charge in [0.15, 0.2) is 5.96 Å². The summed E-state index contributed by atoms with van der Waals surface area (Å²) < 4.78 is 5.23. The van der Waals surface area contributed by atoms with E-state index in [4.69, 9.17) is 9.73 Å². The maximum Gasteiger partial charge on any atom is 0.225 e. The van der Waals surface area contributed by atoms with Gasteiger partial charge >= 0.3 is 0 Å². The van der Waals surface area contributed by atoms with Crippen molar-refractivity contribution >= 4 is 11.9 Å². The lowest BCUT2D eigenvalue weighted by molar-refractivity contribution is -0.135. The van der Waals surface area contributed by atoms with E-state index in [9.17, 15) is 4.79 Å². The molecule has 0 bridgehead atoms. The molecule has 0 radical (unpaired) electrons. The largest absolute Gasteiger partial charge is 0.497 e. The fourth-order valence-electron chi connectivity index (χ4n) is 3.59. The quantitative estimate of drug-likeness (QED) is 0.517. The molecule has 1 atom stereocenters. The van der Waals surface area contributed by atoms with E-state index >= 15 is 0 Å². The Labute approximate surface area is 176 Å². The summed E-state index contributed by atoms with van der Waals surface area (Å²) in [6.45, 7) is 11.5. The van der Waals surface area contributed by atoms with E-state index in [0.717, 1.165) is 57.2 Å². The summed E-state index contributed by atoms with van der Waals surface area (Å²) in [4.78, 5) is 18.9. The van der Waals surface area contributed by atoms with Gasteiger partial charge in [0.1, 0.15) is 5.75 Å². The molecule has 6 nitrogen and oxygen atoms in total. The van der Waals surface area contributed by atoms with Crippen molar-refractivity contribution < 1.29 is 9.53 Å². The Balaban J connectivity index is 1.82. The first-order valence-corrected chi connectivity index (χ1v) is 10.9. The summed E-state index contributed by atoms with van der Waals surface area (Å²) in [5.41, 5.74) is 1.31. The zero-order chi connectivity index (χ0) is 21.2. The normalized spacial score (nSPS) is 16.6. The average molecular weight is 403 g/mol. The average Bonchev–Trinajstić information content (AvgIpc) is 2.73. The predicted octanol–water partition coefficient (Wildman–Crippen LogP) is 3.39. The monoisotopic (exact) mass is 402 g/mol. The first-order valence-electron chi connectivity index (χ1n) is 10.9. The maximum absolute atomic E-state index is 12.1. The van der Waals surface area contributed by atoms with Crippen LogP contribution >= 0.6 is 0 Å². The fourth-order valence-corrected chi connectivity index (χ4v) is 3.59. The van der Waals surface area contributed by atoms with Crippen LogP contribution in [-0.2, 0) is 4.79 Å². The van der Waals surface area contributed by atoms with E-state index in [1.165, 1.54) is 5.56 Å². The number of piperidine rings is 1. The van der Waals surface area contributed by atoms with E-state index in [-0.39, 0.29) is 11.8 Å². The van der Waals surface area contributed by atoms with Crippen molar-refractivity contribution in [1.29, 1.82) is 0 Å². The van der Waals surface area contributed by atoms with Gasteiger partial charge in [-0.1, -0.05) is 32.9 Å². The van der Waals surface area contributed by atoms with E-state index in [1.807, 2.05) is 30.9 Å². The summed E-state index contributed by atoms with van der Waals surface area (Å²) >= 11 is 0. The van der Waals surface area contributed by atoms with Gasteiger partial charge in [-0.2, -0.15) is 0 Å². The summed E-state index contributed by atoms with van der Waals surface area (Å²) in [6.07, 6.45) is 2.92. The molecule has 1 unspecified atom stereocenters. The van der Waals surface area contributed by atoms with Gasteiger partial charge in [-0.15, -0.1) is 0 Å². The molecule has 2 N–H and O–H groups in total. The van der Waals surface area contributed by atoms with Crippen LogP contribution in [-0.4, -0.2) is 56.1 Å². The van der Waals surface area contributed by atoms with Crippen LogP contribution in [0.25, 0.3) is 0 Å². The van der Waals surface area contributed by atoms with Gasteiger partial charge < -0.3 is 20.3 Å². The van der Waals surface area contributed by atoms with E-state index < -0.39 is 0 Å². The molecule has 1 aliphatic heterocycles. The molecule has 1 amide bonds. The third-order valence-electron chi connectivity index (χ3n) is 5.50. The van der Waals surface area contributed by atoms with Crippen LogP contribution in [0.4, 0.5) is 0 Å². The number of rotatable bonds is 8.